The highest BCUT2D eigenvalue weighted by molar-refractivity contribution is 7.93. The third kappa shape index (κ3) is 4.32. The minimum absolute atomic E-state index is 0.0704. The first-order valence-corrected chi connectivity index (χ1v) is 9.65. The van der Waals surface area contributed by atoms with Gasteiger partial charge < -0.3 is 9.64 Å². The largest absolute Gasteiger partial charge is 0.493 e. The van der Waals surface area contributed by atoms with Crippen LogP contribution in [-0.4, -0.2) is 25.8 Å². The van der Waals surface area contributed by atoms with Crippen LogP contribution in [0.5, 0.6) is 5.75 Å². The van der Waals surface area contributed by atoms with Gasteiger partial charge in [0.2, 0.25) is 0 Å². The van der Waals surface area contributed by atoms with Crippen LogP contribution in [0.4, 0.5) is 0 Å². The lowest BCUT2D eigenvalue weighted by Crippen LogP contribution is -2.28. The number of rotatable bonds is 3. The summed E-state index contributed by atoms with van der Waals surface area (Å²) in [7, 11) is -3.62. The molecule has 2 aliphatic heterocycles. The maximum Gasteiger partial charge on any atom is 0.278 e. The number of hydrogen-bond acceptors (Lipinski definition) is 4. The Morgan fingerprint density at radius 3 is 2.52 bits per heavy atom. The molecular weight excluding hydrogens is 360 g/mol. The normalized spacial score (nSPS) is 18.9. The Bertz CT molecular complexity index is 905. The summed E-state index contributed by atoms with van der Waals surface area (Å²) in [5, 5.41) is 1.54. The lowest BCUT2D eigenvalue weighted by atomic mass is 9.98. The number of ether oxygens (including phenoxy) is 1. The van der Waals surface area contributed by atoms with Gasteiger partial charge in [0.15, 0.2) is 5.84 Å². The van der Waals surface area contributed by atoms with Crippen LogP contribution in [-0.2, 0) is 10.0 Å². The molecule has 0 aromatic heterocycles. The van der Waals surface area contributed by atoms with Crippen LogP contribution in [0.15, 0.2) is 57.6 Å². The van der Waals surface area contributed by atoms with E-state index in [1.54, 1.807) is 17.2 Å². The van der Waals surface area contributed by atoms with Crippen molar-refractivity contribution in [2.45, 2.75) is 20.8 Å². The Morgan fingerprint density at radius 1 is 1.20 bits per heavy atom. The van der Waals surface area contributed by atoms with Crippen molar-refractivity contribution in [3.63, 3.8) is 0 Å². The van der Waals surface area contributed by atoms with Gasteiger partial charge in [0.05, 0.1) is 17.0 Å². The highest BCUT2D eigenvalue weighted by atomic mass is 35.5. The monoisotopic (exact) mass is 378 g/mol. The second-order valence-corrected chi connectivity index (χ2v) is 8.99. The fourth-order valence-corrected chi connectivity index (χ4v) is 3.31. The van der Waals surface area contributed by atoms with E-state index in [-0.39, 0.29) is 5.41 Å². The molecule has 2 heterocycles. The number of fused-ring (bicyclic) bond motifs is 1. The predicted octanol–water partition coefficient (Wildman–Crippen LogP) is 4.10. The smallest absolute Gasteiger partial charge is 0.278 e. The zero-order valence-corrected chi connectivity index (χ0v) is 15.8. The van der Waals surface area contributed by atoms with Crippen LogP contribution in [0.25, 0.3) is 5.57 Å². The molecule has 0 aliphatic carbocycles. The van der Waals surface area contributed by atoms with Gasteiger partial charge in [-0.05, 0) is 29.2 Å². The molecule has 0 atom stereocenters. The predicted molar refractivity (Wildman–Crippen MR) is 101 cm³/mol. The van der Waals surface area contributed by atoms with Gasteiger partial charge in [0.1, 0.15) is 5.75 Å². The van der Waals surface area contributed by atoms with Crippen LogP contribution in [0.3, 0.4) is 0 Å². The molecule has 0 radical (unpaired) electrons. The molecule has 5 nitrogen and oxygen atoms in total. The van der Waals surface area contributed by atoms with Gasteiger partial charge in [0, 0.05) is 18.0 Å². The fraction of sp³-hybridized carbons (Fsp3) is 0.278. The van der Waals surface area contributed by atoms with Crippen LogP contribution in [0.2, 0.25) is 0 Å². The Morgan fingerprint density at radius 2 is 1.88 bits per heavy atom. The van der Waals surface area contributed by atoms with Crippen molar-refractivity contribution in [1.82, 2.24) is 4.90 Å². The fourth-order valence-electron chi connectivity index (χ4n) is 2.32. The van der Waals surface area contributed by atoms with Gasteiger partial charge in [-0.2, -0.15) is 8.42 Å². The molecule has 7 heteroatoms. The Kier molecular flexibility index (Phi) is 4.51. The summed E-state index contributed by atoms with van der Waals surface area (Å²) in [6, 6.07) is 7.44. The maximum atomic E-state index is 11.8. The molecule has 0 unspecified atom stereocenters. The summed E-state index contributed by atoms with van der Waals surface area (Å²) in [6.07, 6.45) is 4.76. The van der Waals surface area contributed by atoms with E-state index in [0.717, 1.165) is 16.7 Å². The first kappa shape index (κ1) is 17.8. The van der Waals surface area contributed by atoms with Crippen LogP contribution in [0, 0.1) is 5.41 Å². The summed E-state index contributed by atoms with van der Waals surface area (Å²) in [6.45, 7) is 6.91. The van der Waals surface area contributed by atoms with Gasteiger partial charge in [0.25, 0.3) is 10.0 Å². The SMILES string of the molecule is CC(C)(C)COc1ccc(C2=CC(Cl)=CN3C=CS(=O)(=O)N=C23)cc1. The van der Waals surface area contributed by atoms with Crippen LogP contribution in [0.1, 0.15) is 26.3 Å². The number of amidine groups is 1. The number of sulfonamides is 1. The van der Waals surface area contributed by atoms with Gasteiger partial charge >= 0.3 is 0 Å². The third-order valence-corrected chi connectivity index (χ3v) is 4.57. The molecular formula is C18H19ClN2O3S. The molecule has 3 rings (SSSR count). The molecule has 0 amide bonds. The minimum Gasteiger partial charge on any atom is -0.493 e. The molecule has 25 heavy (non-hydrogen) atoms. The number of allylic oxidation sites excluding steroid dienone is 2. The van der Waals surface area contributed by atoms with Gasteiger partial charge in [-0.25, -0.2) is 0 Å². The van der Waals surface area contributed by atoms with Crippen molar-refractivity contribution in [2.75, 3.05) is 6.61 Å². The molecule has 0 spiro atoms. The van der Waals surface area contributed by atoms with E-state index in [1.165, 1.54) is 6.20 Å². The molecule has 1 aromatic carbocycles. The summed E-state index contributed by atoms with van der Waals surface area (Å²) in [4.78, 5) is 1.60. The maximum absolute atomic E-state index is 11.8. The Labute approximate surface area is 153 Å². The highest BCUT2D eigenvalue weighted by Gasteiger charge is 2.25. The molecule has 2 aliphatic rings. The van der Waals surface area contributed by atoms with Crippen molar-refractivity contribution < 1.29 is 13.2 Å². The minimum atomic E-state index is -3.62. The molecule has 0 saturated heterocycles. The van der Waals surface area contributed by atoms with Gasteiger partial charge in [-0.1, -0.05) is 44.5 Å². The molecule has 0 fully saturated rings. The number of halogens is 1. The number of hydrogen-bond donors (Lipinski definition) is 0. The lowest BCUT2D eigenvalue weighted by Gasteiger charge is -2.26. The first-order valence-electron chi connectivity index (χ1n) is 7.77. The molecule has 0 N–H and O–H groups in total. The summed E-state index contributed by atoms with van der Waals surface area (Å²) >= 11 is 6.16. The third-order valence-electron chi connectivity index (χ3n) is 3.47. The van der Waals surface area contributed by atoms with Crippen LogP contribution >= 0.6 is 11.6 Å². The van der Waals surface area contributed by atoms with Crippen molar-refractivity contribution in [1.29, 1.82) is 0 Å². The highest BCUT2D eigenvalue weighted by Crippen LogP contribution is 2.30. The number of benzene rings is 1. The quantitative estimate of drug-likeness (QED) is 0.794. The average molecular weight is 379 g/mol. The second-order valence-electron chi connectivity index (χ2n) is 7.07. The average Bonchev–Trinajstić information content (AvgIpc) is 2.52. The number of nitrogens with zero attached hydrogens (tertiary/aromatic N) is 2. The van der Waals surface area contributed by atoms with Gasteiger partial charge in [-0.15, -0.1) is 4.40 Å². The van der Waals surface area contributed by atoms with E-state index >= 15 is 0 Å². The molecule has 0 saturated carbocycles. The summed E-state index contributed by atoms with van der Waals surface area (Å²) < 4.78 is 33.2. The second kappa shape index (κ2) is 6.35. The van der Waals surface area contributed by atoms with E-state index < -0.39 is 10.0 Å². The van der Waals surface area contributed by atoms with Gasteiger partial charge in [-0.3, -0.25) is 0 Å². The lowest BCUT2D eigenvalue weighted by molar-refractivity contribution is 0.198. The zero-order valence-electron chi connectivity index (χ0n) is 14.2. The van der Waals surface area contributed by atoms with E-state index in [9.17, 15) is 8.42 Å². The van der Waals surface area contributed by atoms with E-state index in [4.69, 9.17) is 16.3 Å². The van der Waals surface area contributed by atoms with Crippen molar-refractivity contribution >= 4 is 33.0 Å². The Balaban J connectivity index is 1.90. The van der Waals surface area contributed by atoms with Crippen molar-refractivity contribution in [2.24, 2.45) is 9.81 Å². The standard InChI is InChI=1S/C18H19ClN2O3S/c1-18(2,3)12-24-15-6-4-13(5-7-15)16-10-14(19)11-21-8-9-25(22,23)20-17(16)21/h4-11H,12H2,1-3H3. The summed E-state index contributed by atoms with van der Waals surface area (Å²) in [5.74, 6) is 1.09. The summed E-state index contributed by atoms with van der Waals surface area (Å²) in [5.41, 5.74) is 1.52. The molecule has 0 bridgehead atoms. The molecule has 1 aromatic rings. The van der Waals surface area contributed by atoms with E-state index in [2.05, 4.69) is 25.2 Å². The Hall–Kier alpha value is -2.05. The first-order chi connectivity index (χ1) is 11.6. The zero-order chi connectivity index (χ0) is 18.2. The molecule has 132 valence electrons. The van der Waals surface area contributed by atoms with E-state index in [1.807, 2.05) is 24.3 Å². The van der Waals surface area contributed by atoms with Crippen molar-refractivity contribution in [3.8, 4) is 5.75 Å². The van der Waals surface area contributed by atoms with Crippen LogP contribution < -0.4 is 4.74 Å². The topological polar surface area (TPSA) is 59.0 Å². The van der Waals surface area contributed by atoms with E-state index in [0.29, 0.717) is 23.0 Å². The van der Waals surface area contributed by atoms with Crippen molar-refractivity contribution in [3.05, 3.63) is 58.7 Å².